The summed E-state index contributed by atoms with van der Waals surface area (Å²) < 4.78 is 76.1. The van der Waals surface area contributed by atoms with Gasteiger partial charge >= 0.3 is 0 Å². The Bertz CT molecular complexity index is 1680. The molecule has 1 aromatic carbocycles. The molecule has 5 rings (SSSR count). The summed E-state index contributed by atoms with van der Waals surface area (Å²) in [5.41, 5.74) is 1.84. The van der Waals surface area contributed by atoms with Crippen LogP contribution in [0.2, 0.25) is 0 Å². The first-order valence-electron chi connectivity index (χ1n) is 13.6. The molecule has 17 heteroatoms. The van der Waals surface area contributed by atoms with Gasteiger partial charge < -0.3 is 9.74 Å². The molecule has 2 aliphatic heterocycles. The number of aromatic nitrogens is 3. The van der Waals surface area contributed by atoms with Crippen molar-refractivity contribution in [3.63, 3.8) is 0 Å². The summed E-state index contributed by atoms with van der Waals surface area (Å²) in [7, 11) is -3.51. The van der Waals surface area contributed by atoms with Crippen LogP contribution in [0, 0.1) is 0 Å². The zero-order valence-electron chi connectivity index (χ0n) is 23.7. The smallest absolute Gasteiger partial charge is 0.282 e. The summed E-state index contributed by atoms with van der Waals surface area (Å²) >= 11 is 1.48. The molecule has 1 N–H and O–H groups in total. The summed E-state index contributed by atoms with van der Waals surface area (Å²) in [6, 6.07) is 8.00. The number of oxime groups is 1. The third kappa shape index (κ3) is 7.26. The summed E-state index contributed by atoms with van der Waals surface area (Å²) in [4.78, 5) is 27.0. The number of thiazole rings is 1. The Balaban J connectivity index is 1.18. The lowest BCUT2D eigenvalue weighted by Gasteiger charge is -2.31. The monoisotopic (exact) mass is 655 g/mol. The number of hydrazone groups is 1. The normalized spacial score (nSPS) is 18.2. The molecule has 0 spiro atoms. The zero-order chi connectivity index (χ0) is 31.6. The average Bonchev–Trinajstić information content (AvgIpc) is 3.75. The number of halogens is 4. The lowest BCUT2D eigenvalue weighted by atomic mass is 9.96. The van der Waals surface area contributed by atoms with E-state index in [0.29, 0.717) is 60.2 Å². The van der Waals surface area contributed by atoms with Crippen LogP contribution in [0.1, 0.15) is 84.3 Å². The number of piperidine rings is 1. The number of nitrogens with zero attached hydrogens (tertiary/aromatic N) is 6. The molecule has 3 aromatic rings. The number of sulfonamides is 1. The van der Waals surface area contributed by atoms with Gasteiger partial charge in [-0.15, -0.1) is 11.3 Å². The van der Waals surface area contributed by atoms with Crippen molar-refractivity contribution in [3.05, 3.63) is 68.9 Å². The molecule has 1 atom stereocenters. The number of benzene rings is 1. The first-order valence-corrected chi connectivity index (χ1v) is 16.4. The average molecular weight is 656 g/mol. The van der Waals surface area contributed by atoms with E-state index < -0.39 is 52.8 Å². The number of hydrogen-bond donors (Lipinski definition) is 1. The molecule has 0 radical (unpaired) electrons. The zero-order valence-corrected chi connectivity index (χ0v) is 25.3. The van der Waals surface area contributed by atoms with E-state index in [-0.39, 0.29) is 5.92 Å². The van der Waals surface area contributed by atoms with E-state index in [1.54, 1.807) is 6.92 Å². The molecule has 1 amide bonds. The second-order valence-corrected chi connectivity index (χ2v) is 13.1. The number of nitrogens with one attached hydrogen (secondary N) is 1. The maximum absolute atomic E-state index is 13.3. The van der Waals surface area contributed by atoms with Crippen LogP contribution in [0.5, 0.6) is 0 Å². The van der Waals surface area contributed by atoms with Crippen LogP contribution in [0.4, 0.5) is 17.6 Å². The Morgan fingerprint density at radius 2 is 1.91 bits per heavy atom. The van der Waals surface area contributed by atoms with Crippen LogP contribution in [0.15, 0.2) is 46.0 Å². The minimum absolute atomic E-state index is 0.0743. The summed E-state index contributed by atoms with van der Waals surface area (Å²) in [6.45, 7) is 1.88. The number of alkyl halides is 4. The van der Waals surface area contributed by atoms with Crippen molar-refractivity contribution in [2.24, 2.45) is 10.3 Å². The van der Waals surface area contributed by atoms with Gasteiger partial charge in [-0.05, 0) is 25.8 Å². The highest BCUT2D eigenvalue weighted by Crippen LogP contribution is 2.35. The van der Waals surface area contributed by atoms with Crippen molar-refractivity contribution in [2.45, 2.75) is 57.6 Å². The molecular formula is C27H29F4N7O4S2. The van der Waals surface area contributed by atoms with E-state index in [1.165, 1.54) is 16.2 Å². The second kappa shape index (κ2) is 13.0. The molecule has 2 aliphatic rings. The number of carbonyl (C=O) groups excluding carboxylic acids is 1. The van der Waals surface area contributed by atoms with Gasteiger partial charge in [0.25, 0.3) is 12.9 Å². The summed E-state index contributed by atoms with van der Waals surface area (Å²) in [5, 5.41) is 14.5. The lowest BCUT2D eigenvalue weighted by Crippen LogP contribution is -2.40. The molecule has 0 bridgehead atoms. The van der Waals surface area contributed by atoms with Crippen molar-refractivity contribution in [3.8, 4) is 0 Å². The van der Waals surface area contributed by atoms with Gasteiger partial charge in [0.15, 0.2) is 6.10 Å². The summed E-state index contributed by atoms with van der Waals surface area (Å²) in [5.74, 6) is -0.393. The maximum Gasteiger partial charge on any atom is 0.282 e. The van der Waals surface area contributed by atoms with Crippen LogP contribution in [-0.4, -0.2) is 64.8 Å². The second-order valence-electron chi connectivity index (χ2n) is 10.5. The van der Waals surface area contributed by atoms with Crippen molar-refractivity contribution >= 4 is 38.7 Å². The van der Waals surface area contributed by atoms with Crippen molar-refractivity contribution in [1.82, 2.24) is 24.5 Å². The third-order valence-electron chi connectivity index (χ3n) is 7.32. The predicted octanol–water partition coefficient (Wildman–Crippen LogP) is 4.76. The highest BCUT2D eigenvalue weighted by Gasteiger charge is 2.31. The SMILES string of the molecule is C/C(=N/NS(C)(=O)=O)c1ccccc1C1CC(c2csc(C3CCN(C(=O)Cn4nc(C(F)F)cc4C(F)F)CC3)n2)=NO1. The highest BCUT2D eigenvalue weighted by atomic mass is 32.2. The van der Waals surface area contributed by atoms with Crippen molar-refractivity contribution in [1.29, 1.82) is 0 Å². The largest absolute Gasteiger partial charge is 0.387 e. The van der Waals surface area contributed by atoms with Gasteiger partial charge in [-0.25, -0.2) is 35.8 Å². The highest BCUT2D eigenvalue weighted by molar-refractivity contribution is 7.88. The fraction of sp³-hybridized carbons (Fsp3) is 0.444. The standard InChI is InChI=1S/C27H29F4N7O4S2/c1-15(33-36-44(2,40)41)17-5-3-4-6-18(17)23-12-19(35-42-23)21-14-43-27(32-21)16-7-9-37(10-8-16)24(39)13-38-22(26(30)31)11-20(34-38)25(28)29/h3-6,11,14,16,23,25-26,36H,7-10,12-13H2,1-2H3/b33-15-. The number of amides is 1. The molecule has 11 nitrogen and oxygen atoms in total. The van der Waals surface area contributed by atoms with Gasteiger partial charge in [0, 0.05) is 41.9 Å². The Morgan fingerprint density at radius 3 is 2.59 bits per heavy atom. The number of carbonyl (C=O) groups is 1. The molecule has 1 saturated heterocycles. The number of likely N-dealkylation sites (tertiary alicyclic amines) is 1. The quantitative estimate of drug-likeness (QED) is 0.190. The molecule has 44 heavy (non-hydrogen) atoms. The van der Waals surface area contributed by atoms with Crippen LogP contribution < -0.4 is 4.83 Å². The van der Waals surface area contributed by atoms with Crippen LogP contribution in [0.25, 0.3) is 0 Å². The molecule has 0 aliphatic carbocycles. The van der Waals surface area contributed by atoms with E-state index in [4.69, 9.17) is 9.82 Å². The lowest BCUT2D eigenvalue weighted by molar-refractivity contribution is -0.133. The van der Waals surface area contributed by atoms with E-state index >= 15 is 0 Å². The van der Waals surface area contributed by atoms with Crippen molar-refractivity contribution < 1.29 is 35.6 Å². The van der Waals surface area contributed by atoms with Crippen LogP contribution in [-0.2, 0) is 26.2 Å². The third-order valence-corrected chi connectivity index (χ3v) is 8.75. The fourth-order valence-corrected chi connectivity index (χ4v) is 6.39. The topological polar surface area (TPSA) is 131 Å². The van der Waals surface area contributed by atoms with Gasteiger partial charge in [-0.3, -0.25) is 9.48 Å². The molecule has 236 valence electrons. The van der Waals surface area contributed by atoms with Gasteiger partial charge in [0.1, 0.15) is 23.6 Å². The van der Waals surface area contributed by atoms with Gasteiger partial charge in [0.2, 0.25) is 15.9 Å². The van der Waals surface area contributed by atoms with E-state index in [2.05, 4.69) is 20.2 Å². The maximum atomic E-state index is 13.3. The molecule has 1 unspecified atom stereocenters. The van der Waals surface area contributed by atoms with E-state index in [0.717, 1.165) is 22.4 Å². The van der Waals surface area contributed by atoms with Gasteiger partial charge in [0.05, 0.1) is 22.7 Å². The Hall–Kier alpha value is -3.86. The van der Waals surface area contributed by atoms with Gasteiger partial charge in [-0.2, -0.15) is 10.2 Å². The Morgan fingerprint density at radius 1 is 1.18 bits per heavy atom. The van der Waals surface area contributed by atoms with Crippen LogP contribution >= 0.6 is 11.3 Å². The Labute approximate surface area is 254 Å². The molecule has 0 saturated carbocycles. The molecule has 1 fully saturated rings. The minimum atomic E-state index is -3.51. The first kappa shape index (κ1) is 31.6. The molecule has 4 heterocycles. The minimum Gasteiger partial charge on any atom is -0.387 e. The number of hydrogen-bond acceptors (Lipinski definition) is 9. The van der Waals surface area contributed by atoms with E-state index in [1.807, 2.05) is 29.6 Å². The van der Waals surface area contributed by atoms with Crippen molar-refractivity contribution in [2.75, 3.05) is 19.3 Å². The molecular weight excluding hydrogens is 626 g/mol. The Kier molecular flexibility index (Phi) is 9.34. The number of rotatable bonds is 10. The first-order chi connectivity index (χ1) is 20.9. The van der Waals surface area contributed by atoms with Gasteiger partial charge in [-0.1, -0.05) is 29.4 Å². The molecule has 2 aromatic heterocycles. The summed E-state index contributed by atoms with van der Waals surface area (Å²) in [6.07, 6.45) is -3.80. The predicted molar refractivity (Wildman–Crippen MR) is 154 cm³/mol. The fourth-order valence-electron chi connectivity index (χ4n) is 5.09. The van der Waals surface area contributed by atoms with Crippen LogP contribution in [0.3, 0.4) is 0 Å². The van der Waals surface area contributed by atoms with E-state index in [9.17, 15) is 30.8 Å².